The summed E-state index contributed by atoms with van der Waals surface area (Å²) in [7, 11) is 0. The molecule has 0 spiro atoms. The Labute approximate surface area is 178 Å². The predicted molar refractivity (Wildman–Crippen MR) is 118 cm³/mol. The number of fused-ring (bicyclic) bond motifs is 1. The molecular weight excluding hydrogens is 411 g/mol. The third kappa shape index (κ3) is 3.54. The number of benzene rings is 2. The Bertz CT molecular complexity index is 1130. The standard InChI is InChI=1S/C21H20Cl2N4S/c1-3-26-12-16(15-7-5-6-8-19(15)26)20-24-25-21(27(20)4-2)28-13-14-9-10-17(22)18(23)11-14/h5-12H,3-4,13H2,1-2H3. The summed E-state index contributed by atoms with van der Waals surface area (Å²) < 4.78 is 4.42. The Morgan fingerprint density at radius 1 is 0.964 bits per heavy atom. The molecule has 0 saturated carbocycles. The Morgan fingerprint density at radius 3 is 2.54 bits per heavy atom. The van der Waals surface area contributed by atoms with Crippen LogP contribution in [0, 0.1) is 0 Å². The molecule has 28 heavy (non-hydrogen) atoms. The topological polar surface area (TPSA) is 35.6 Å². The molecule has 0 atom stereocenters. The number of aromatic nitrogens is 4. The summed E-state index contributed by atoms with van der Waals surface area (Å²) in [5.41, 5.74) is 3.44. The second-order valence-electron chi connectivity index (χ2n) is 6.43. The summed E-state index contributed by atoms with van der Waals surface area (Å²) in [6, 6.07) is 14.2. The lowest BCUT2D eigenvalue weighted by molar-refractivity contribution is 0.687. The smallest absolute Gasteiger partial charge is 0.191 e. The van der Waals surface area contributed by atoms with Gasteiger partial charge in [-0.05, 0) is 37.6 Å². The van der Waals surface area contributed by atoms with E-state index in [4.69, 9.17) is 23.2 Å². The average molecular weight is 431 g/mol. The van der Waals surface area contributed by atoms with Crippen molar-refractivity contribution in [3.63, 3.8) is 0 Å². The first-order valence-electron chi connectivity index (χ1n) is 9.20. The first kappa shape index (κ1) is 19.4. The molecule has 0 bridgehead atoms. The minimum atomic E-state index is 0.571. The third-order valence-corrected chi connectivity index (χ3v) is 6.53. The molecule has 0 amide bonds. The van der Waals surface area contributed by atoms with E-state index in [-0.39, 0.29) is 0 Å². The van der Waals surface area contributed by atoms with Gasteiger partial charge in [0.15, 0.2) is 11.0 Å². The summed E-state index contributed by atoms with van der Waals surface area (Å²) in [5.74, 6) is 1.66. The molecule has 0 saturated heterocycles. The molecule has 4 aromatic rings. The van der Waals surface area contributed by atoms with E-state index in [1.807, 2.05) is 18.2 Å². The minimum Gasteiger partial charge on any atom is -0.347 e. The quantitative estimate of drug-likeness (QED) is 0.325. The van der Waals surface area contributed by atoms with Crippen LogP contribution in [0.3, 0.4) is 0 Å². The lowest BCUT2D eigenvalue weighted by Gasteiger charge is -2.07. The van der Waals surface area contributed by atoms with Crippen LogP contribution >= 0.6 is 35.0 Å². The Balaban J connectivity index is 1.67. The summed E-state index contributed by atoms with van der Waals surface area (Å²) in [4.78, 5) is 0. The van der Waals surface area contributed by atoms with E-state index >= 15 is 0 Å². The number of nitrogens with zero attached hydrogens (tertiary/aromatic N) is 4. The SMILES string of the molecule is CCn1c(SCc2ccc(Cl)c(Cl)c2)nnc1-c1cn(CC)c2ccccc12. The first-order chi connectivity index (χ1) is 13.6. The van der Waals surface area contributed by atoms with Crippen molar-refractivity contribution in [3.05, 3.63) is 64.3 Å². The molecule has 0 aliphatic heterocycles. The van der Waals surface area contributed by atoms with Crippen molar-refractivity contribution in [2.24, 2.45) is 0 Å². The highest BCUT2D eigenvalue weighted by Gasteiger charge is 2.18. The summed E-state index contributed by atoms with van der Waals surface area (Å²) >= 11 is 13.8. The van der Waals surface area contributed by atoms with Crippen LogP contribution in [0.5, 0.6) is 0 Å². The van der Waals surface area contributed by atoms with E-state index in [2.05, 4.69) is 63.6 Å². The van der Waals surface area contributed by atoms with Crippen LogP contribution in [0.1, 0.15) is 19.4 Å². The van der Waals surface area contributed by atoms with Crippen molar-refractivity contribution in [1.82, 2.24) is 19.3 Å². The van der Waals surface area contributed by atoms with Gasteiger partial charge in [0.1, 0.15) is 0 Å². The molecule has 2 heterocycles. The molecule has 0 unspecified atom stereocenters. The zero-order chi connectivity index (χ0) is 19.7. The normalized spacial score (nSPS) is 11.4. The van der Waals surface area contributed by atoms with Gasteiger partial charge in [-0.1, -0.05) is 59.2 Å². The van der Waals surface area contributed by atoms with Crippen LogP contribution in [0.2, 0.25) is 10.0 Å². The molecule has 0 N–H and O–H groups in total. The Hall–Kier alpha value is -1.95. The fourth-order valence-corrected chi connectivity index (χ4v) is 4.61. The maximum absolute atomic E-state index is 6.13. The van der Waals surface area contributed by atoms with Crippen LogP contribution in [-0.2, 0) is 18.8 Å². The van der Waals surface area contributed by atoms with Gasteiger partial charge in [-0.25, -0.2) is 0 Å². The van der Waals surface area contributed by atoms with Crippen molar-refractivity contribution < 1.29 is 0 Å². The number of hydrogen-bond acceptors (Lipinski definition) is 3. The number of aryl methyl sites for hydroxylation is 1. The van der Waals surface area contributed by atoms with Gasteiger partial charge in [0, 0.05) is 41.5 Å². The van der Waals surface area contributed by atoms with Gasteiger partial charge in [-0.3, -0.25) is 0 Å². The lowest BCUT2D eigenvalue weighted by atomic mass is 10.1. The molecule has 2 aromatic heterocycles. The van der Waals surface area contributed by atoms with Crippen LogP contribution < -0.4 is 0 Å². The van der Waals surface area contributed by atoms with E-state index in [0.717, 1.165) is 41.0 Å². The number of halogens is 2. The van der Waals surface area contributed by atoms with Gasteiger partial charge in [0.05, 0.1) is 10.0 Å². The summed E-state index contributed by atoms with van der Waals surface area (Å²) in [6.07, 6.45) is 2.17. The van der Waals surface area contributed by atoms with Gasteiger partial charge in [-0.2, -0.15) is 0 Å². The van der Waals surface area contributed by atoms with E-state index < -0.39 is 0 Å². The number of hydrogen-bond donors (Lipinski definition) is 0. The zero-order valence-electron chi connectivity index (χ0n) is 15.7. The van der Waals surface area contributed by atoms with Crippen molar-refractivity contribution in [2.45, 2.75) is 37.8 Å². The summed E-state index contributed by atoms with van der Waals surface area (Å²) in [5, 5.41) is 12.2. The molecule has 4 nitrogen and oxygen atoms in total. The average Bonchev–Trinajstić information content (AvgIpc) is 3.29. The van der Waals surface area contributed by atoms with Crippen LogP contribution in [0.25, 0.3) is 22.3 Å². The maximum atomic E-state index is 6.13. The monoisotopic (exact) mass is 430 g/mol. The van der Waals surface area contributed by atoms with Crippen molar-refractivity contribution in [1.29, 1.82) is 0 Å². The Kier molecular flexibility index (Phi) is 5.67. The van der Waals surface area contributed by atoms with E-state index in [1.54, 1.807) is 11.8 Å². The highest BCUT2D eigenvalue weighted by atomic mass is 35.5. The Morgan fingerprint density at radius 2 is 1.79 bits per heavy atom. The number of para-hydroxylation sites is 1. The molecule has 2 aromatic carbocycles. The first-order valence-corrected chi connectivity index (χ1v) is 10.9. The minimum absolute atomic E-state index is 0.571. The van der Waals surface area contributed by atoms with Crippen LogP contribution in [-0.4, -0.2) is 19.3 Å². The molecule has 0 fully saturated rings. The lowest BCUT2D eigenvalue weighted by Crippen LogP contribution is -1.99. The zero-order valence-corrected chi connectivity index (χ0v) is 18.0. The number of rotatable bonds is 6. The van der Waals surface area contributed by atoms with Gasteiger partial charge < -0.3 is 9.13 Å². The molecule has 0 aliphatic rings. The van der Waals surface area contributed by atoms with Crippen molar-refractivity contribution in [3.8, 4) is 11.4 Å². The highest BCUT2D eigenvalue weighted by Crippen LogP contribution is 2.33. The van der Waals surface area contributed by atoms with Gasteiger partial charge >= 0.3 is 0 Å². The second-order valence-corrected chi connectivity index (χ2v) is 8.19. The van der Waals surface area contributed by atoms with Gasteiger partial charge in [0.2, 0.25) is 0 Å². The van der Waals surface area contributed by atoms with E-state index in [0.29, 0.717) is 10.0 Å². The molecule has 0 radical (unpaired) electrons. The van der Waals surface area contributed by atoms with Crippen LogP contribution in [0.15, 0.2) is 53.8 Å². The molecule has 0 aliphatic carbocycles. The van der Waals surface area contributed by atoms with E-state index in [1.165, 1.54) is 10.9 Å². The van der Waals surface area contributed by atoms with Crippen molar-refractivity contribution in [2.75, 3.05) is 0 Å². The fourth-order valence-electron chi connectivity index (χ4n) is 3.34. The third-order valence-electron chi connectivity index (χ3n) is 4.76. The van der Waals surface area contributed by atoms with Gasteiger partial charge in [0.25, 0.3) is 0 Å². The van der Waals surface area contributed by atoms with Crippen LogP contribution in [0.4, 0.5) is 0 Å². The predicted octanol–water partition coefficient (Wildman–Crippen LogP) is 6.54. The largest absolute Gasteiger partial charge is 0.347 e. The summed E-state index contributed by atoms with van der Waals surface area (Å²) in [6.45, 7) is 5.99. The molecule has 144 valence electrons. The van der Waals surface area contributed by atoms with Gasteiger partial charge in [-0.15, -0.1) is 10.2 Å². The number of thioether (sulfide) groups is 1. The van der Waals surface area contributed by atoms with E-state index in [9.17, 15) is 0 Å². The highest BCUT2D eigenvalue weighted by molar-refractivity contribution is 7.98. The molecular formula is C21H20Cl2N4S. The fraction of sp³-hybridized carbons (Fsp3) is 0.238. The molecule has 7 heteroatoms. The van der Waals surface area contributed by atoms with Crippen molar-refractivity contribution >= 4 is 45.9 Å². The molecule has 4 rings (SSSR count). The second kappa shape index (κ2) is 8.19. The maximum Gasteiger partial charge on any atom is 0.191 e.